The maximum atomic E-state index is 11.2. The van der Waals surface area contributed by atoms with Gasteiger partial charge in [0.25, 0.3) is 0 Å². The highest BCUT2D eigenvalue weighted by atomic mass is 16.2. The van der Waals surface area contributed by atoms with Crippen LogP contribution in [0.5, 0.6) is 0 Å². The molecule has 1 N–H and O–H groups in total. The van der Waals surface area contributed by atoms with Crippen LogP contribution in [-0.2, 0) is 11.2 Å². The minimum atomic E-state index is 0.186. The molecule has 1 aliphatic heterocycles. The lowest BCUT2D eigenvalue weighted by atomic mass is 10.2. The number of nitrogens with zero attached hydrogens (tertiary/aromatic N) is 4. The van der Waals surface area contributed by atoms with Crippen LogP contribution in [-0.4, -0.2) is 32.3 Å². The first-order valence-electron chi connectivity index (χ1n) is 11.3. The van der Waals surface area contributed by atoms with Gasteiger partial charge in [-0.15, -0.1) is 0 Å². The predicted octanol–water partition coefficient (Wildman–Crippen LogP) is 6.16. The van der Waals surface area contributed by atoms with Crippen LogP contribution in [0, 0.1) is 0 Å². The van der Waals surface area contributed by atoms with Gasteiger partial charge in [0.2, 0.25) is 5.91 Å². The second-order valence-corrected chi connectivity index (χ2v) is 6.57. The van der Waals surface area contributed by atoms with Crippen LogP contribution < -0.4 is 4.90 Å². The van der Waals surface area contributed by atoms with Gasteiger partial charge in [0.15, 0.2) is 0 Å². The molecule has 0 spiro atoms. The van der Waals surface area contributed by atoms with Crippen molar-refractivity contribution in [1.82, 2.24) is 19.4 Å². The Morgan fingerprint density at radius 3 is 2.24 bits per heavy atom. The number of hydrogen-bond donors (Lipinski definition) is 1. The van der Waals surface area contributed by atoms with E-state index >= 15 is 0 Å². The number of hydrogen-bond acceptors (Lipinski definition) is 3. The Labute approximate surface area is 195 Å². The van der Waals surface area contributed by atoms with Crippen molar-refractivity contribution in [1.29, 1.82) is 0 Å². The van der Waals surface area contributed by atoms with E-state index in [2.05, 4.69) is 15.0 Å². The first-order valence-corrected chi connectivity index (χ1v) is 11.3. The zero-order valence-corrected chi connectivity index (χ0v) is 20.1. The number of likely N-dealkylation sites (N-methyl/N-ethyl adjacent to an activating group) is 1. The quantitative estimate of drug-likeness (QED) is 0.312. The predicted molar refractivity (Wildman–Crippen MR) is 138 cm³/mol. The molecule has 0 atom stereocenters. The summed E-state index contributed by atoms with van der Waals surface area (Å²) in [5.41, 5.74) is 5.31. The lowest BCUT2D eigenvalue weighted by Crippen LogP contribution is -2.20. The topological polar surface area (TPSA) is 66.3 Å². The molecule has 0 aliphatic carbocycles. The Morgan fingerprint density at radius 2 is 1.52 bits per heavy atom. The summed E-state index contributed by atoms with van der Waals surface area (Å²) in [6.45, 7) is 8.00. The van der Waals surface area contributed by atoms with Gasteiger partial charge >= 0.3 is 0 Å². The van der Waals surface area contributed by atoms with E-state index in [1.165, 1.54) is 0 Å². The molecule has 0 bridgehead atoms. The molecule has 0 saturated heterocycles. The normalized spacial score (nSPS) is 11.1. The van der Waals surface area contributed by atoms with Crippen molar-refractivity contribution >= 4 is 28.3 Å². The molecule has 5 aromatic rings. The molecule has 3 aromatic heterocycles. The van der Waals surface area contributed by atoms with Crippen LogP contribution in [0.15, 0.2) is 91.6 Å². The molecule has 0 fully saturated rings. The highest BCUT2D eigenvalue weighted by Gasteiger charge is 2.22. The summed E-state index contributed by atoms with van der Waals surface area (Å²) < 4.78 is 1.97. The summed E-state index contributed by atoms with van der Waals surface area (Å²) in [5, 5.41) is 0. The molecular formula is C27H33N5O. The molecule has 0 radical (unpaired) electrons. The average Bonchev–Trinajstić information content (AvgIpc) is 3.62. The van der Waals surface area contributed by atoms with Crippen molar-refractivity contribution in [3.8, 4) is 0 Å². The van der Waals surface area contributed by atoms with Crippen LogP contribution in [0.3, 0.4) is 0 Å². The highest BCUT2D eigenvalue weighted by Crippen LogP contribution is 2.26. The maximum absolute atomic E-state index is 11.2. The van der Waals surface area contributed by atoms with Gasteiger partial charge in [0, 0.05) is 31.3 Å². The van der Waals surface area contributed by atoms with Crippen molar-refractivity contribution in [3.63, 3.8) is 0 Å². The van der Waals surface area contributed by atoms with Gasteiger partial charge in [-0.25, -0.2) is 9.97 Å². The second kappa shape index (κ2) is 13.5. The number of carbonyl (C=O) groups excluding carboxylic acids is 1. The number of para-hydroxylation sites is 3. The molecule has 0 unspecified atom stereocenters. The molecule has 4 heterocycles. The monoisotopic (exact) mass is 443 g/mol. The van der Waals surface area contributed by atoms with Crippen molar-refractivity contribution in [2.75, 3.05) is 11.9 Å². The molecule has 1 amide bonds. The molecule has 6 heteroatoms. The molecule has 2 aromatic carbocycles. The molecule has 6 nitrogen and oxygen atoms in total. The average molecular weight is 444 g/mol. The second-order valence-electron chi connectivity index (χ2n) is 6.57. The third-order valence-electron chi connectivity index (χ3n) is 4.70. The Kier molecular flexibility index (Phi) is 10.3. The summed E-state index contributed by atoms with van der Waals surface area (Å²) in [5.74, 6) is 0.186. The number of aromatic amines is 1. The number of amides is 1. The highest BCUT2D eigenvalue weighted by molar-refractivity contribution is 6.00. The molecule has 6 rings (SSSR count). The fraction of sp³-hybridized carbons (Fsp3) is 0.222. The first kappa shape index (κ1) is 25.3. The third kappa shape index (κ3) is 6.77. The van der Waals surface area contributed by atoms with Gasteiger partial charge in [-0.3, -0.25) is 4.79 Å². The van der Waals surface area contributed by atoms with E-state index in [4.69, 9.17) is 0 Å². The van der Waals surface area contributed by atoms with E-state index in [9.17, 15) is 4.79 Å². The van der Waals surface area contributed by atoms with Crippen LogP contribution in [0.25, 0.3) is 16.7 Å². The van der Waals surface area contributed by atoms with Crippen LogP contribution in [0.2, 0.25) is 0 Å². The Bertz CT molecular complexity index is 1110. The van der Waals surface area contributed by atoms with Crippen molar-refractivity contribution in [2.45, 2.75) is 34.1 Å². The number of fused-ring (bicyclic) bond motifs is 3. The summed E-state index contributed by atoms with van der Waals surface area (Å²) in [6, 6.07) is 21.8. The molecule has 0 saturated carbocycles. The van der Waals surface area contributed by atoms with E-state index in [1.807, 2.05) is 118 Å². The zero-order valence-electron chi connectivity index (χ0n) is 20.1. The summed E-state index contributed by atoms with van der Waals surface area (Å²) in [7, 11) is 1.81. The molecule has 172 valence electrons. The number of aromatic nitrogens is 4. The van der Waals surface area contributed by atoms with Crippen LogP contribution >= 0.6 is 0 Å². The van der Waals surface area contributed by atoms with Gasteiger partial charge in [-0.1, -0.05) is 64.1 Å². The Hall–Kier alpha value is -3.93. The van der Waals surface area contributed by atoms with Crippen LogP contribution in [0.4, 0.5) is 5.69 Å². The van der Waals surface area contributed by atoms with Gasteiger partial charge in [-0.2, -0.15) is 0 Å². The minimum absolute atomic E-state index is 0.186. The van der Waals surface area contributed by atoms with Gasteiger partial charge in [-0.05, 0) is 35.9 Å². The number of pyridine rings is 1. The summed E-state index contributed by atoms with van der Waals surface area (Å²) in [6.07, 6.45) is 7.95. The largest absolute Gasteiger partial charge is 0.345 e. The molecule has 1 aliphatic rings. The number of anilines is 1. The Morgan fingerprint density at radius 1 is 0.818 bits per heavy atom. The summed E-state index contributed by atoms with van der Waals surface area (Å²) >= 11 is 0. The smallest absolute Gasteiger partial charge is 0.231 e. The first-order chi connectivity index (χ1) is 16.2. The lowest BCUT2D eigenvalue weighted by Gasteiger charge is -2.08. The maximum Gasteiger partial charge on any atom is 0.231 e. The number of H-pyrrole nitrogens is 1. The molecule has 33 heavy (non-hydrogen) atoms. The number of rotatable bonds is 0. The van der Waals surface area contributed by atoms with E-state index in [-0.39, 0.29) is 5.91 Å². The van der Waals surface area contributed by atoms with Gasteiger partial charge in [0.05, 0.1) is 23.8 Å². The van der Waals surface area contributed by atoms with E-state index in [0.29, 0.717) is 6.42 Å². The third-order valence-corrected chi connectivity index (χ3v) is 4.70. The number of carbonyl (C=O) groups is 1. The SMILES string of the molecule is CC.CC.CN1C(=O)Cc2ccccc21.c1ccc2[nH]cnc2c1.c1ccn2ccnc2c1. The fourth-order valence-corrected chi connectivity index (χ4v) is 3.15. The van der Waals surface area contributed by atoms with Crippen molar-refractivity contribution in [3.05, 3.63) is 97.2 Å². The van der Waals surface area contributed by atoms with Crippen molar-refractivity contribution in [2.24, 2.45) is 0 Å². The van der Waals surface area contributed by atoms with Gasteiger partial charge in [0.1, 0.15) is 5.65 Å². The lowest BCUT2D eigenvalue weighted by molar-refractivity contribution is -0.117. The van der Waals surface area contributed by atoms with E-state index in [1.54, 1.807) is 17.4 Å². The molecular weight excluding hydrogens is 410 g/mol. The number of imidazole rings is 2. The van der Waals surface area contributed by atoms with Crippen LogP contribution in [0.1, 0.15) is 33.3 Å². The fourth-order valence-electron chi connectivity index (χ4n) is 3.15. The van der Waals surface area contributed by atoms with E-state index < -0.39 is 0 Å². The van der Waals surface area contributed by atoms with E-state index in [0.717, 1.165) is 27.9 Å². The number of benzene rings is 2. The summed E-state index contributed by atoms with van der Waals surface area (Å²) in [4.78, 5) is 24.0. The van der Waals surface area contributed by atoms with Gasteiger partial charge < -0.3 is 14.3 Å². The zero-order chi connectivity index (χ0) is 24.1. The Balaban J connectivity index is 0.000000164. The minimum Gasteiger partial charge on any atom is -0.345 e. The van der Waals surface area contributed by atoms with Crippen molar-refractivity contribution < 1.29 is 4.79 Å². The number of nitrogens with one attached hydrogen (secondary N) is 1. The standard InChI is InChI=1S/C9H9NO.2C7H6N2.2C2H6/c1-10-8-5-3-2-4-7(8)6-9(10)11;1-2-5-9-6-4-8-7(9)3-1;1-2-4-7-6(3-1)8-5-9-7;2*1-2/h2-5H,6H2,1H3;1-6H;1-5H,(H,8,9);2*1-2H3.